The SMILES string of the molecule is CC.COc1ccc(CNC(=O)C2=C(C)/C(=C(\C)C(C)=N)C(=N)S2)cc1F. The molecule has 1 aliphatic rings. The van der Waals surface area contributed by atoms with Gasteiger partial charge in [-0.25, -0.2) is 4.39 Å². The number of allylic oxidation sites excluding steroid dienone is 2. The third-order valence-corrected chi connectivity index (χ3v) is 5.06. The summed E-state index contributed by atoms with van der Waals surface area (Å²) in [4.78, 5) is 12.9. The highest BCUT2D eigenvalue weighted by atomic mass is 32.2. The van der Waals surface area contributed by atoms with Gasteiger partial charge in [-0.15, -0.1) is 0 Å². The highest BCUT2D eigenvalue weighted by molar-refractivity contribution is 8.18. The first-order valence-corrected chi connectivity index (χ1v) is 9.43. The van der Waals surface area contributed by atoms with Crippen molar-refractivity contribution in [2.75, 3.05) is 7.11 Å². The molecule has 1 aromatic rings. The number of methoxy groups -OCH3 is 1. The monoisotopic (exact) mass is 391 g/mol. The third kappa shape index (κ3) is 5.29. The smallest absolute Gasteiger partial charge is 0.258 e. The fraction of sp³-hybridized carbons (Fsp3) is 0.350. The van der Waals surface area contributed by atoms with Crippen molar-refractivity contribution in [3.8, 4) is 5.75 Å². The van der Waals surface area contributed by atoms with Gasteiger partial charge in [-0.1, -0.05) is 31.7 Å². The molecule has 0 bridgehead atoms. The zero-order valence-electron chi connectivity index (χ0n) is 16.5. The Labute approximate surface area is 164 Å². The molecule has 2 rings (SSSR count). The molecule has 1 amide bonds. The van der Waals surface area contributed by atoms with E-state index in [0.29, 0.717) is 32.9 Å². The van der Waals surface area contributed by atoms with Gasteiger partial charge in [0.2, 0.25) is 0 Å². The molecule has 3 N–H and O–H groups in total. The van der Waals surface area contributed by atoms with E-state index in [-0.39, 0.29) is 23.2 Å². The van der Waals surface area contributed by atoms with Crippen LogP contribution in [0.1, 0.15) is 40.2 Å². The first-order chi connectivity index (χ1) is 12.8. The molecule has 1 heterocycles. The van der Waals surface area contributed by atoms with Gasteiger partial charge < -0.3 is 15.5 Å². The first kappa shape index (κ1) is 22.6. The van der Waals surface area contributed by atoms with Crippen molar-refractivity contribution in [1.29, 1.82) is 10.8 Å². The number of halogens is 1. The molecule has 0 spiro atoms. The Hall–Kier alpha value is -2.41. The maximum atomic E-state index is 13.7. The average molecular weight is 392 g/mol. The predicted octanol–water partition coefficient (Wildman–Crippen LogP) is 4.83. The second kappa shape index (κ2) is 10.1. The highest BCUT2D eigenvalue weighted by Gasteiger charge is 2.29. The number of benzene rings is 1. The highest BCUT2D eigenvalue weighted by Crippen LogP contribution is 2.38. The van der Waals surface area contributed by atoms with Gasteiger partial charge in [-0.05, 0) is 49.6 Å². The Morgan fingerprint density at radius 2 is 1.93 bits per heavy atom. The van der Waals surface area contributed by atoms with Gasteiger partial charge in [0.05, 0.1) is 17.1 Å². The van der Waals surface area contributed by atoms with Crippen LogP contribution in [0.4, 0.5) is 4.39 Å². The maximum Gasteiger partial charge on any atom is 0.258 e. The number of carbonyl (C=O) groups excluding carboxylic acids is 1. The maximum absolute atomic E-state index is 13.7. The lowest BCUT2D eigenvalue weighted by Crippen LogP contribution is -2.23. The molecule has 0 unspecified atom stereocenters. The number of hydrogen-bond acceptors (Lipinski definition) is 5. The number of amides is 1. The number of thioether (sulfide) groups is 1. The van der Waals surface area contributed by atoms with Crippen LogP contribution >= 0.6 is 11.8 Å². The van der Waals surface area contributed by atoms with Gasteiger partial charge in [-0.3, -0.25) is 10.2 Å². The number of ether oxygens (including phenoxy) is 1. The van der Waals surface area contributed by atoms with E-state index in [2.05, 4.69) is 5.32 Å². The Balaban J connectivity index is 0.00000176. The van der Waals surface area contributed by atoms with E-state index >= 15 is 0 Å². The van der Waals surface area contributed by atoms with Crippen LogP contribution < -0.4 is 10.1 Å². The Bertz CT molecular complexity index is 829. The normalized spacial score (nSPS) is 15.1. The van der Waals surface area contributed by atoms with Crippen LogP contribution in [-0.4, -0.2) is 23.8 Å². The lowest BCUT2D eigenvalue weighted by atomic mass is 10.00. The molecule has 5 nitrogen and oxygen atoms in total. The van der Waals surface area contributed by atoms with Crippen molar-refractivity contribution in [2.45, 2.75) is 41.2 Å². The quantitative estimate of drug-likeness (QED) is 0.628. The van der Waals surface area contributed by atoms with E-state index in [0.717, 1.165) is 11.8 Å². The largest absolute Gasteiger partial charge is 0.494 e. The standard InChI is InChI=1S/C18H20FN3O2S.C2H6/c1-9(11(3)20)15-10(2)16(25-17(15)21)18(23)22-8-12-5-6-14(24-4)13(19)7-12;1-2/h5-7,20-21H,8H2,1-4H3,(H,22,23);1-2H3/b15-9-,20-11?,21-17?;. The Kier molecular flexibility index (Phi) is 8.43. The molecule has 0 saturated carbocycles. The predicted molar refractivity (Wildman–Crippen MR) is 110 cm³/mol. The second-order valence-corrected chi connectivity index (χ2v) is 6.68. The van der Waals surface area contributed by atoms with Gasteiger partial charge in [0, 0.05) is 17.8 Å². The van der Waals surface area contributed by atoms with Crippen molar-refractivity contribution in [1.82, 2.24) is 5.32 Å². The summed E-state index contributed by atoms with van der Waals surface area (Å²) in [6, 6.07) is 4.51. The van der Waals surface area contributed by atoms with Crippen molar-refractivity contribution in [2.24, 2.45) is 0 Å². The van der Waals surface area contributed by atoms with Crippen LogP contribution in [0.15, 0.2) is 39.8 Å². The molecule has 7 heteroatoms. The van der Waals surface area contributed by atoms with E-state index < -0.39 is 5.82 Å². The van der Waals surface area contributed by atoms with Gasteiger partial charge in [-0.2, -0.15) is 0 Å². The van der Waals surface area contributed by atoms with Crippen LogP contribution in [0, 0.1) is 16.6 Å². The summed E-state index contributed by atoms with van der Waals surface area (Å²) in [5.41, 5.74) is 3.01. The van der Waals surface area contributed by atoms with Gasteiger partial charge in [0.15, 0.2) is 11.6 Å². The Morgan fingerprint density at radius 3 is 2.44 bits per heavy atom. The molecule has 0 radical (unpaired) electrons. The van der Waals surface area contributed by atoms with Crippen LogP contribution in [0.5, 0.6) is 5.75 Å². The van der Waals surface area contributed by atoms with E-state index in [1.807, 2.05) is 13.8 Å². The van der Waals surface area contributed by atoms with E-state index in [1.165, 1.54) is 19.2 Å². The van der Waals surface area contributed by atoms with Crippen molar-refractivity contribution >= 4 is 28.4 Å². The minimum Gasteiger partial charge on any atom is -0.494 e. The molecule has 0 aliphatic carbocycles. The number of carbonyl (C=O) groups is 1. The van der Waals surface area contributed by atoms with Crippen LogP contribution in [0.25, 0.3) is 0 Å². The van der Waals surface area contributed by atoms with E-state index in [9.17, 15) is 9.18 Å². The summed E-state index contributed by atoms with van der Waals surface area (Å²) in [7, 11) is 1.39. The summed E-state index contributed by atoms with van der Waals surface area (Å²) in [6.07, 6.45) is 0. The minimum absolute atomic E-state index is 0.153. The zero-order chi connectivity index (χ0) is 20.7. The first-order valence-electron chi connectivity index (χ1n) is 8.61. The van der Waals surface area contributed by atoms with Gasteiger partial charge in [0.25, 0.3) is 5.91 Å². The number of nitrogens with one attached hydrogen (secondary N) is 3. The summed E-state index contributed by atoms with van der Waals surface area (Å²) in [5, 5.41) is 18.8. The van der Waals surface area contributed by atoms with Crippen LogP contribution in [-0.2, 0) is 11.3 Å². The third-order valence-electron chi connectivity index (χ3n) is 3.96. The van der Waals surface area contributed by atoms with Crippen molar-refractivity contribution in [3.05, 3.63) is 51.2 Å². The zero-order valence-corrected chi connectivity index (χ0v) is 17.4. The summed E-state index contributed by atoms with van der Waals surface area (Å²) < 4.78 is 18.6. The second-order valence-electron chi connectivity index (χ2n) is 5.66. The Morgan fingerprint density at radius 1 is 1.30 bits per heavy atom. The number of hydrogen-bond donors (Lipinski definition) is 3. The van der Waals surface area contributed by atoms with Crippen molar-refractivity contribution < 1.29 is 13.9 Å². The molecular weight excluding hydrogens is 365 g/mol. The van der Waals surface area contributed by atoms with Crippen LogP contribution in [0.2, 0.25) is 0 Å². The molecule has 0 saturated heterocycles. The van der Waals surface area contributed by atoms with Crippen LogP contribution in [0.3, 0.4) is 0 Å². The molecule has 146 valence electrons. The fourth-order valence-corrected chi connectivity index (χ4v) is 3.48. The minimum atomic E-state index is -0.482. The van der Waals surface area contributed by atoms with E-state index in [1.54, 1.807) is 26.8 Å². The molecule has 1 aliphatic heterocycles. The molecule has 0 atom stereocenters. The van der Waals surface area contributed by atoms with Gasteiger partial charge in [0.1, 0.15) is 0 Å². The van der Waals surface area contributed by atoms with Gasteiger partial charge >= 0.3 is 0 Å². The van der Waals surface area contributed by atoms with Crippen molar-refractivity contribution in [3.63, 3.8) is 0 Å². The summed E-state index contributed by atoms with van der Waals surface area (Å²) >= 11 is 1.08. The summed E-state index contributed by atoms with van der Waals surface area (Å²) in [6.45, 7) is 9.38. The average Bonchev–Trinajstić information content (AvgIpc) is 2.95. The molecule has 0 aromatic heterocycles. The number of rotatable bonds is 5. The topological polar surface area (TPSA) is 86.0 Å². The van der Waals surface area contributed by atoms with E-state index in [4.69, 9.17) is 15.6 Å². The molecule has 27 heavy (non-hydrogen) atoms. The molecule has 0 fully saturated rings. The lowest BCUT2D eigenvalue weighted by molar-refractivity contribution is -0.117. The molecular formula is C20H26FN3O2S. The lowest BCUT2D eigenvalue weighted by Gasteiger charge is -2.08. The summed E-state index contributed by atoms with van der Waals surface area (Å²) in [5.74, 6) is -0.640. The molecule has 1 aromatic carbocycles. The fourth-order valence-electron chi connectivity index (χ4n) is 2.45.